The van der Waals surface area contributed by atoms with Gasteiger partial charge in [-0.15, -0.1) is 12.4 Å². The van der Waals surface area contributed by atoms with E-state index >= 15 is 0 Å². The highest BCUT2D eigenvalue weighted by Crippen LogP contribution is 2.32. The molecule has 6 nitrogen and oxygen atoms in total. The fraction of sp³-hybridized carbons (Fsp3) is 0.350. The highest BCUT2D eigenvalue weighted by Gasteiger charge is 2.31. The van der Waals surface area contributed by atoms with Crippen molar-refractivity contribution < 1.29 is 17.9 Å². The van der Waals surface area contributed by atoms with Crippen molar-refractivity contribution >= 4 is 33.8 Å². The van der Waals surface area contributed by atoms with E-state index in [2.05, 4.69) is 5.32 Å². The largest absolute Gasteiger partial charge is 0.457 e. The lowest BCUT2D eigenvalue weighted by atomic mass is 9.95. The van der Waals surface area contributed by atoms with Gasteiger partial charge in [0.25, 0.3) is 0 Å². The number of halogens is 1. The lowest BCUT2D eigenvalue weighted by Gasteiger charge is -2.17. The van der Waals surface area contributed by atoms with E-state index in [4.69, 9.17) is 10.5 Å². The van der Waals surface area contributed by atoms with Gasteiger partial charge in [-0.3, -0.25) is 4.79 Å². The minimum atomic E-state index is -3.23. The van der Waals surface area contributed by atoms with Gasteiger partial charge >= 0.3 is 0 Å². The van der Waals surface area contributed by atoms with Crippen molar-refractivity contribution in [3.8, 4) is 11.5 Å². The van der Waals surface area contributed by atoms with Crippen molar-refractivity contribution in [1.29, 1.82) is 0 Å². The third-order valence-electron chi connectivity index (χ3n) is 4.91. The molecule has 0 unspecified atom stereocenters. The van der Waals surface area contributed by atoms with Crippen LogP contribution in [0.2, 0.25) is 0 Å². The smallest absolute Gasteiger partial charge is 0.227 e. The number of carbonyl (C=O) groups is 1. The van der Waals surface area contributed by atoms with Crippen LogP contribution in [0.15, 0.2) is 53.4 Å². The van der Waals surface area contributed by atoms with Gasteiger partial charge in [0, 0.05) is 17.9 Å². The molecule has 1 fully saturated rings. The summed E-state index contributed by atoms with van der Waals surface area (Å²) in [5.41, 5.74) is 6.46. The Morgan fingerprint density at radius 1 is 1.07 bits per heavy atom. The molecular formula is C20H25ClN2O4S. The van der Waals surface area contributed by atoms with Gasteiger partial charge in [-0.2, -0.15) is 0 Å². The van der Waals surface area contributed by atoms with Crippen LogP contribution in [0.1, 0.15) is 19.3 Å². The summed E-state index contributed by atoms with van der Waals surface area (Å²) in [5.74, 6) is 1.41. The monoisotopic (exact) mass is 424 g/mol. The Morgan fingerprint density at radius 3 is 2.18 bits per heavy atom. The molecule has 1 aliphatic rings. The third-order valence-corrected chi connectivity index (χ3v) is 6.04. The van der Waals surface area contributed by atoms with Gasteiger partial charge in [-0.25, -0.2) is 8.42 Å². The standard InChI is InChI=1S/C20H24N2O4S.ClH/c1-27(24,25)18-11-9-17(10-12-18)26-16-7-5-15(6-8-16)22-20(23)19-4-2-3-14(19)13-21;/h5-12,14,19H,2-4,13,21H2,1H3,(H,22,23);1H/t14-,19-;/m1./s1. The predicted molar refractivity (Wildman–Crippen MR) is 112 cm³/mol. The molecule has 0 aliphatic heterocycles. The summed E-state index contributed by atoms with van der Waals surface area (Å²) in [6.07, 6.45) is 4.11. The van der Waals surface area contributed by atoms with E-state index in [9.17, 15) is 13.2 Å². The van der Waals surface area contributed by atoms with Crippen molar-refractivity contribution in [2.75, 3.05) is 18.1 Å². The Kier molecular flexibility index (Phi) is 7.46. The van der Waals surface area contributed by atoms with Crippen molar-refractivity contribution in [3.63, 3.8) is 0 Å². The number of hydrogen-bond acceptors (Lipinski definition) is 5. The molecule has 3 N–H and O–H groups in total. The van der Waals surface area contributed by atoms with Crippen molar-refractivity contribution in [2.24, 2.45) is 17.6 Å². The molecule has 3 rings (SSSR count). The van der Waals surface area contributed by atoms with Crippen LogP contribution in [-0.2, 0) is 14.6 Å². The Hall–Kier alpha value is -2.09. The van der Waals surface area contributed by atoms with Gasteiger partial charge in [0.05, 0.1) is 4.90 Å². The normalized spacial score (nSPS) is 18.9. The maximum Gasteiger partial charge on any atom is 0.227 e. The van der Waals surface area contributed by atoms with Crippen molar-refractivity contribution in [2.45, 2.75) is 24.2 Å². The minimum Gasteiger partial charge on any atom is -0.457 e. The van der Waals surface area contributed by atoms with Crippen molar-refractivity contribution in [1.82, 2.24) is 0 Å². The zero-order chi connectivity index (χ0) is 19.4. The lowest BCUT2D eigenvalue weighted by molar-refractivity contribution is -0.120. The molecular weight excluding hydrogens is 400 g/mol. The molecule has 1 aliphatic carbocycles. The number of ether oxygens (including phenoxy) is 1. The predicted octanol–water partition coefficient (Wildman–Crippen LogP) is 3.62. The molecule has 0 radical (unpaired) electrons. The highest BCUT2D eigenvalue weighted by molar-refractivity contribution is 7.90. The number of carbonyl (C=O) groups excluding carboxylic acids is 1. The molecule has 0 spiro atoms. The summed E-state index contributed by atoms with van der Waals surface area (Å²) >= 11 is 0. The molecule has 0 bridgehead atoms. The van der Waals surface area contributed by atoms with Crippen LogP contribution >= 0.6 is 12.4 Å². The van der Waals surface area contributed by atoms with Crippen LogP contribution in [0.4, 0.5) is 5.69 Å². The highest BCUT2D eigenvalue weighted by atomic mass is 35.5. The first-order valence-corrected chi connectivity index (χ1v) is 10.8. The molecule has 0 saturated heterocycles. The van der Waals surface area contributed by atoms with E-state index in [0.29, 0.717) is 23.7 Å². The van der Waals surface area contributed by atoms with Crippen LogP contribution in [0, 0.1) is 11.8 Å². The topological polar surface area (TPSA) is 98.5 Å². The van der Waals surface area contributed by atoms with E-state index in [0.717, 1.165) is 25.5 Å². The summed E-state index contributed by atoms with van der Waals surface area (Å²) in [7, 11) is -3.23. The van der Waals surface area contributed by atoms with E-state index in [1.165, 1.54) is 12.1 Å². The van der Waals surface area contributed by atoms with Crippen LogP contribution in [0.5, 0.6) is 11.5 Å². The molecule has 1 amide bonds. The van der Waals surface area contributed by atoms with Gasteiger partial charge in [0.1, 0.15) is 11.5 Å². The number of amides is 1. The van der Waals surface area contributed by atoms with E-state index in [1.807, 2.05) is 0 Å². The molecule has 2 aromatic rings. The average molecular weight is 425 g/mol. The Balaban J connectivity index is 0.00000280. The van der Waals surface area contributed by atoms with E-state index in [-0.39, 0.29) is 35.0 Å². The zero-order valence-corrected chi connectivity index (χ0v) is 17.3. The summed E-state index contributed by atoms with van der Waals surface area (Å²) in [5, 5.41) is 2.95. The first kappa shape index (κ1) is 22.2. The molecule has 2 aromatic carbocycles. The van der Waals surface area contributed by atoms with Gasteiger partial charge in [0.15, 0.2) is 9.84 Å². The van der Waals surface area contributed by atoms with Crippen LogP contribution in [-0.4, -0.2) is 27.1 Å². The second-order valence-corrected chi connectivity index (χ2v) is 8.91. The quantitative estimate of drug-likeness (QED) is 0.737. The summed E-state index contributed by atoms with van der Waals surface area (Å²) in [4.78, 5) is 12.7. The number of rotatable bonds is 6. The number of sulfone groups is 1. The fourth-order valence-electron chi connectivity index (χ4n) is 3.40. The maximum absolute atomic E-state index is 12.4. The minimum absolute atomic E-state index is 0. The van der Waals surface area contributed by atoms with Gasteiger partial charge in [-0.1, -0.05) is 6.42 Å². The molecule has 0 aromatic heterocycles. The number of nitrogens with two attached hydrogens (primary N) is 1. The molecule has 1 saturated carbocycles. The van der Waals surface area contributed by atoms with Gasteiger partial charge in [-0.05, 0) is 73.8 Å². The Morgan fingerprint density at radius 2 is 1.64 bits per heavy atom. The summed E-state index contributed by atoms with van der Waals surface area (Å²) in [6, 6.07) is 13.3. The van der Waals surface area contributed by atoms with Crippen LogP contribution in [0.3, 0.4) is 0 Å². The molecule has 28 heavy (non-hydrogen) atoms. The number of anilines is 1. The molecule has 0 heterocycles. The van der Waals surface area contributed by atoms with Gasteiger partial charge < -0.3 is 15.8 Å². The Labute approximate surface area is 171 Å². The number of hydrogen-bond donors (Lipinski definition) is 2. The number of nitrogens with one attached hydrogen (secondary N) is 1. The Bertz CT molecular complexity index is 899. The fourth-order valence-corrected chi connectivity index (χ4v) is 4.03. The summed E-state index contributed by atoms with van der Waals surface area (Å²) < 4.78 is 28.7. The van der Waals surface area contributed by atoms with E-state index < -0.39 is 9.84 Å². The third kappa shape index (κ3) is 5.47. The molecule has 8 heteroatoms. The molecule has 2 atom stereocenters. The summed E-state index contributed by atoms with van der Waals surface area (Å²) in [6.45, 7) is 0.545. The molecule has 152 valence electrons. The average Bonchev–Trinajstić information content (AvgIpc) is 3.12. The maximum atomic E-state index is 12.4. The SMILES string of the molecule is CS(=O)(=O)c1ccc(Oc2ccc(NC(=O)[C@@H]3CCC[C@@H]3CN)cc2)cc1.Cl. The second-order valence-electron chi connectivity index (χ2n) is 6.89. The van der Waals surface area contributed by atoms with Gasteiger partial charge in [0.2, 0.25) is 5.91 Å². The first-order chi connectivity index (χ1) is 12.9. The zero-order valence-electron chi connectivity index (χ0n) is 15.6. The lowest BCUT2D eigenvalue weighted by Crippen LogP contribution is -2.29. The first-order valence-electron chi connectivity index (χ1n) is 8.96. The van der Waals surface area contributed by atoms with E-state index in [1.54, 1.807) is 36.4 Å². The second kappa shape index (κ2) is 9.41. The van der Waals surface area contributed by atoms with Crippen LogP contribution in [0.25, 0.3) is 0 Å². The van der Waals surface area contributed by atoms with Crippen molar-refractivity contribution in [3.05, 3.63) is 48.5 Å². The number of benzene rings is 2. The van der Waals surface area contributed by atoms with Crippen LogP contribution < -0.4 is 15.8 Å².